The van der Waals surface area contributed by atoms with E-state index in [0.717, 1.165) is 45.5 Å². The quantitative estimate of drug-likeness (QED) is 0.325. The SMILES string of the molecule is CC(=O)N(c1nc(CSc2nc(Cc3ccccc3)c(C)[nH]2)cs1)c1cccc(C)c1C. The van der Waals surface area contributed by atoms with Gasteiger partial charge in [0.25, 0.3) is 0 Å². The number of amides is 1. The lowest BCUT2D eigenvalue weighted by Gasteiger charge is -2.21. The topological polar surface area (TPSA) is 61.9 Å². The fourth-order valence-corrected chi connectivity index (χ4v) is 5.31. The van der Waals surface area contributed by atoms with Gasteiger partial charge in [0.2, 0.25) is 5.91 Å². The van der Waals surface area contributed by atoms with Crippen LogP contribution in [0.2, 0.25) is 0 Å². The Morgan fingerprint density at radius 1 is 1.06 bits per heavy atom. The number of nitrogens with one attached hydrogen (secondary N) is 1. The van der Waals surface area contributed by atoms with Crippen molar-refractivity contribution >= 4 is 39.8 Å². The second kappa shape index (κ2) is 9.71. The molecule has 2 aromatic heterocycles. The largest absolute Gasteiger partial charge is 0.337 e. The monoisotopic (exact) mass is 462 g/mol. The van der Waals surface area contributed by atoms with Crippen molar-refractivity contribution in [3.8, 4) is 0 Å². The van der Waals surface area contributed by atoms with E-state index >= 15 is 0 Å². The van der Waals surface area contributed by atoms with Crippen LogP contribution in [-0.4, -0.2) is 20.9 Å². The van der Waals surface area contributed by atoms with E-state index in [9.17, 15) is 4.79 Å². The minimum absolute atomic E-state index is 0.0422. The summed E-state index contributed by atoms with van der Waals surface area (Å²) in [4.78, 5) is 27.1. The summed E-state index contributed by atoms with van der Waals surface area (Å²) in [6, 6.07) is 16.4. The molecule has 7 heteroatoms. The molecule has 32 heavy (non-hydrogen) atoms. The third-order valence-corrected chi connectivity index (χ3v) is 7.18. The van der Waals surface area contributed by atoms with Gasteiger partial charge in [-0.25, -0.2) is 9.97 Å². The number of rotatable bonds is 7. The van der Waals surface area contributed by atoms with Gasteiger partial charge in [-0.2, -0.15) is 0 Å². The van der Waals surface area contributed by atoms with Gasteiger partial charge in [0, 0.05) is 30.2 Å². The fraction of sp³-hybridized carbons (Fsp3) is 0.240. The van der Waals surface area contributed by atoms with E-state index < -0.39 is 0 Å². The third-order valence-electron chi connectivity index (χ3n) is 5.40. The van der Waals surface area contributed by atoms with Crippen LogP contribution in [0.15, 0.2) is 59.1 Å². The second-order valence-electron chi connectivity index (χ2n) is 7.76. The molecule has 0 aliphatic heterocycles. The number of imidazole rings is 1. The Hall–Kier alpha value is -2.90. The number of thiazole rings is 1. The van der Waals surface area contributed by atoms with Gasteiger partial charge in [-0.1, -0.05) is 54.2 Å². The summed E-state index contributed by atoms with van der Waals surface area (Å²) >= 11 is 3.12. The highest BCUT2D eigenvalue weighted by Gasteiger charge is 2.20. The van der Waals surface area contributed by atoms with Crippen LogP contribution in [0, 0.1) is 20.8 Å². The number of hydrogen-bond donors (Lipinski definition) is 1. The van der Waals surface area contributed by atoms with Crippen molar-refractivity contribution in [1.29, 1.82) is 0 Å². The highest BCUT2D eigenvalue weighted by atomic mass is 32.2. The Balaban J connectivity index is 1.47. The van der Waals surface area contributed by atoms with Crippen molar-refractivity contribution in [3.63, 3.8) is 0 Å². The van der Waals surface area contributed by atoms with E-state index in [0.29, 0.717) is 10.9 Å². The first-order valence-electron chi connectivity index (χ1n) is 10.5. The number of nitrogens with zero attached hydrogens (tertiary/aromatic N) is 3. The maximum absolute atomic E-state index is 12.5. The number of thioether (sulfide) groups is 1. The van der Waals surface area contributed by atoms with Gasteiger partial charge < -0.3 is 4.98 Å². The molecule has 1 amide bonds. The Labute approximate surface area is 196 Å². The van der Waals surface area contributed by atoms with Gasteiger partial charge >= 0.3 is 0 Å². The Kier molecular flexibility index (Phi) is 6.77. The molecule has 2 aromatic carbocycles. The van der Waals surface area contributed by atoms with Crippen LogP contribution in [0.4, 0.5) is 10.8 Å². The summed E-state index contributed by atoms with van der Waals surface area (Å²) in [6.07, 6.45) is 0.813. The Morgan fingerprint density at radius 3 is 2.59 bits per heavy atom. The number of H-pyrrole nitrogens is 1. The number of aryl methyl sites for hydroxylation is 2. The molecule has 0 saturated carbocycles. The normalized spacial score (nSPS) is 11.0. The number of aromatic amines is 1. The van der Waals surface area contributed by atoms with Gasteiger partial charge in [-0.05, 0) is 43.5 Å². The molecule has 4 rings (SSSR count). The van der Waals surface area contributed by atoms with Crippen LogP contribution < -0.4 is 4.90 Å². The molecule has 0 atom stereocenters. The summed E-state index contributed by atoms with van der Waals surface area (Å²) in [6.45, 7) is 7.73. The predicted molar refractivity (Wildman–Crippen MR) is 133 cm³/mol. The van der Waals surface area contributed by atoms with E-state index in [-0.39, 0.29) is 5.91 Å². The van der Waals surface area contributed by atoms with Crippen LogP contribution in [0.1, 0.15) is 40.7 Å². The third kappa shape index (κ3) is 4.95. The first-order valence-corrected chi connectivity index (χ1v) is 12.3. The molecule has 1 N–H and O–H groups in total. The maximum atomic E-state index is 12.5. The summed E-state index contributed by atoms with van der Waals surface area (Å²) in [5.41, 5.74) is 7.47. The average molecular weight is 463 g/mol. The van der Waals surface area contributed by atoms with Gasteiger partial charge in [0.05, 0.1) is 17.1 Å². The lowest BCUT2D eigenvalue weighted by Crippen LogP contribution is -2.23. The lowest BCUT2D eigenvalue weighted by molar-refractivity contribution is -0.115. The summed E-state index contributed by atoms with van der Waals surface area (Å²) in [5, 5.41) is 3.60. The molecule has 0 aliphatic rings. The van der Waals surface area contributed by atoms with Crippen molar-refractivity contribution in [2.45, 2.75) is 45.0 Å². The van der Waals surface area contributed by atoms with Crippen molar-refractivity contribution < 1.29 is 4.79 Å². The van der Waals surface area contributed by atoms with E-state index in [4.69, 9.17) is 9.97 Å². The highest BCUT2D eigenvalue weighted by molar-refractivity contribution is 7.98. The van der Waals surface area contributed by atoms with Crippen molar-refractivity contribution in [3.05, 3.63) is 87.7 Å². The Morgan fingerprint density at radius 2 is 1.84 bits per heavy atom. The van der Waals surface area contributed by atoms with E-state index in [1.807, 2.05) is 30.5 Å². The molecular formula is C25H26N4OS2. The molecule has 0 spiro atoms. The molecule has 0 unspecified atom stereocenters. The molecule has 0 bridgehead atoms. The summed E-state index contributed by atoms with van der Waals surface area (Å²) < 4.78 is 0. The molecule has 164 valence electrons. The fourth-order valence-electron chi connectivity index (χ4n) is 3.49. The van der Waals surface area contributed by atoms with Crippen LogP contribution in [0.25, 0.3) is 0 Å². The number of benzene rings is 2. The maximum Gasteiger partial charge on any atom is 0.230 e. The Bertz CT molecular complexity index is 1230. The van der Waals surface area contributed by atoms with Gasteiger partial charge in [0.1, 0.15) is 0 Å². The number of carbonyl (C=O) groups is 1. The van der Waals surface area contributed by atoms with Crippen molar-refractivity contribution in [1.82, 2.24) is 15.0 Å². The molecule has 0 fully saturated rings. The van der Waals surface area contributed by atoms with Crippen molar-refractivity contribution in [2.75, 3.05) is 4.90 Å². The molecule has 4 aromatic rings. The first kappa shape index (κ1) is 22.3. The lowest BCUT2D eigenvalue weighted by atomic mass is 10.1. The molecule has 0 saturated heterocycles. The number of aromatic nitrogens is 3. The number of carbonyl (C=O) groups excluding carboxylic acids is 1. The summed E-state index contributed by atoms with van der Waals surface area (Å²) in [5.74, 6) is 0.645. The molecule has 0 radical (unpaired) electrons. The number of anilines is 2. The van der Waals surface area contributed by atoms with Crippen LogP contribution in [0.5, 0.6) is 0 Å². The van der Waals surface area contributed by atoms with Crippen LogP contribution >= 0.6 is 23.1 Å². The van der Waals surface area contributed by atoms with Gasteiger partial charge in [-0.15, -0.1) is 11.3 Å². The molecular weight excluding hydrogens is 436 g/mol. The van der Waals surface area contributed by atoms with E-state index in [2.05, 4.69) is 49.2 Å². The molecule has 2 heterocycles. The minimum atomic E-state index is -0.0422. The van der Waals surface area contributed by atoms with E-state index in [1.165, 1.54) is 16.9 Å². The van der Waals surface area contributed by atoms with Crippen LogP contribution in [-0.2, 0) is 17.0 Å². The second-order valence-corrected chi connectivity index (χ2v) is 9.56. The van der Waals surface area contributed by atoms with E-state index in [1.54, 1.807) is 23.6 Å². The standard InChI is InChI=1S/C25H26N4OS2/c1-16-9-8-12-23(17(16)2)29(19(4)30)25-27-21(15-32-25)14-31-24-26-18(3)22(28-24)13-20-10-6-5-7-11-20/h5-12,15H,13-14H2,1-4H3,(H,26,28). The first-order chi connectivity index (χ1) is 15.4. The smallest absolute Gasteiger partial charge is 0.230 e. The van der Waals surface area contributed by atoms with Crippen LogP contribution in [0.3, 0.4) is 0 Å². The summed E-state index contributed by atoms with van der Waals surface area (Å²) in [7, 11) is 0. The highest BCUT2D eigenvalue weighted by Crippen LogP contribution is 2.33. The van der Waals surface area contributed by atoms with Crippen molar-refractivity contribution in [2.24, 2.45) is 0 Å². The minimum Gasteiger partial charge on any atom is -0.337 e. The van der Waals surface area contributed by atoms with Gasteiger partial charge in [0.15, 0.2) is 10.3 Å². The molecule has 0 aliphatic carbocycles. The number of hydrogen-bond acceptors (Lipinski definition) is 5. The van der Waals surface area contributed by atoms with Gasteiger partial charge in [-0.3, -0.25) is 9.69 Å². The zero-order valence-electron chi connectivity index (χ0n) is 18.7. The average Bonchev–Trinajstić information content (AvgIpc) is 3.37. The zero-order chi connectivity index (χ0) is 22.7. The zero-order valence-corrected chi connectivity index (χ0v) is 20.3. The predicted octanol–water partition coefficient (Wildman–Crippen LogP) is 6.36. The molecule has 5 nitrogen and oxygen atoms in total.